The molecule has 0 aromatic carbocycles. The van der Waals surface area contributed by atoms with Gasteiger partial charge in [-0.05, 0) is 31.9 Å². The van der Waals surface area contributed by atoms with E-state index in [0.717, 1.165) is 25.3 Å². The minimum Gasteiger partial charge on any atom is -0.311 e. The van der Waals surface area contributed by atoms with E-state index in [1.165, 1.54) is 5.69 Å². The minimum absolute atomic E-state index is 0.574. The van der Waals surface area contributed by atoms with E-state index in [1.54, 1.807) is 0 Å². The smallest absolute Gasteiger partial charge is 0.0547 e. The molecule has 0 aliphatic carbocycles. The highest BCUT2D eigenvalue weighted by Gasteiger charge is 2.28. The molecule has 0 radical (unpaired) electrons. The lowest BCUT2D eigenvalue weighted by atomic mass is 9.98. The number of nitrogens with zero attached hydrogens (tertiary/aromatic N) is 2. The predicted molar refractivity (Wildman–Crippen MR) is 75.5 cm³/mol. The first-order chi connectivity index (χ1) is 8.56. The van der Waals surface area contributed by atoms with E-state index in [4.69, 9.17) is 0 Å². The zero-order valence-corrected chi connectivity index (χ0v) is 12.0. The first-order valence-electron chi connectivity index (χ1n) is 6.96. The van der Waals surface area contributed by atoms with Crippen LogP contribution in [0.5, 0.6) is 0 Å². The molecule has 1 fully saturated rings. The highest BCUT2D eigenvalue weighted by atomic mass is 15.2. The number of piperazine rings is 1. The standard InChI is InChI=1S/C15H25N3/c1-11(2)15-8-16-13(4)9-18(15)10-14-7-5-6-12(3)17-14/h5-7,11,13,15-16H,8-10H2,1-4H3. The molecular formula is C15H25N3. The number of aromatic nitrogens is 1. The Morgan fingerprint density at radius 3 is 2.89 bits per heavy atom. The van der Waals surface area contributed by atoms with Crippen molar-refractivity contribution in [2.24, 2.45) is 5.92 Å². The summed E-state index contributed by atoms with van der Waals surface area (Å²) in [6.45, 7) is 12.1. The van der Waals surface area contributed by atoms with Crippen LogP contribution in [0.25, 0.3) is 0 Å². The molecule has 1 aromatic heterocycles. The summed E-state index contributed by atoms with van der Waals surface area (Å²) in [4.78, 5) is 7.20. The molecule has 1 aromatic rings. The molecule has 2 atom stereocenters. The van der Waals surface area contributed by atoms with Gasteiger partial charge in [-0.15, -0.1) is 0 Å². The lowest BCUT2D eigenvalue weighted by molar-refractivity contribution is 0.0943. The van der Waals surface area contributed by atoms with Gasteiger partial charge in [0.1, 0.15) is 0 Å². The average molecular weight is 247 g/mol. The lowest BCUT2D eigenvalue weighted by Crippen LogP contribution is -2.56. The van der Waals surface area contributed by atoms with Crippen LogP contribution in [0, 0.1) is 12.8 Å². The third-order valence-electron chi connectivity index (χ3n) is 3.73. The third kappa shape index (κ3) is 3.30. The Morgan fingerprint density at radius 1 is 1.44 bits per heavy atom. The number of rotatable bonds is 3. The van der Waals surface area contributed by atoms with Gasteiger partial charge in [-0.3, -0.25) is 9.88 Å². The fourth-order valence-corrected chi connectivity index (χ4v) is 2.74. The van der Waals surface area contributed by atoms with Crippen molar-refractivity contribution in [1.29, 1.82) is 0 Å². The van der Waals surface area contributed by atoms with Crippen molar-refractivity contribution in [3.63, 3.8) is 0 Å². The van der Waals surface area contributed by atoms with Crippen molar-refractivity contribution >= 4 is 0 Å². The summed E-state index contributed by atoms with van der Waals surface area (Å²) in [6, 6.07) is 7.49. The largest absolute Gasteiger partial charge is 0.311 e. The summed E-state index contributed by atoms with van der Waals surface area (Å²) in [7, 11) is 0. The first-order valence-corrected chi connectivity index (χ1v) is 6.96. The van der Waals surface area contributed by atoms with Gasteiger partial charge in [0, 0.05) is 37.4 Å². The maximum absolute atomic E-state index is 4.62. The van der Waals surface area contributed by atoms with Gasteiger partial charge in [-0.2, -0.15) is 0 Å². The zero-order chi connectivity index (χ0) is 13.1. The average Bonchev–Trinajstić information content (AvgIpc) is 2.28. The molecule has 0 amide bonds. The van der Waals surface area contributed by atoms with Crippen LogP contribution in [-0.2, 0) is 6.54 Å². The molecule has 0 bridgehead atoms. The predicted octanol–water partition coefficient (Wildman–Crippen LogP) is 2.21. The van der Waals surface area contributed by atoms with Gasteiger partial charge < -0.3 is 5.32 Å². The molecule has 1 saturated heterocycles. The molecule has 1 aliphatic rings. The van der Waals surface area contributed by atoms with E-state index in [-0.39, 0.29) is 0 Å². The molecule has 2 unspecified atom stereocenters. The Bertz CT molecular complexity index is 389. The highest BCUT2D eigenvalue weighted by Crippen LogP contribution is 2.17. The SMILES string of the molecule is Cc1cccc(CN2CC(C)NCC2C(C)C)n1. The van der Waals surface area contributed by atoms with E-state index in [0.29, 0.717) is 18.0 Å². The Labute approximate surface area is 111 Å². The molecule has 0 saturated carbocycles. The number of aryl methyl sites for hydroxylation is 1. The molecule has 0 spiro atoms. The first kappa shape index (κ1) is 13.5. The van der Waals surface area contributed by atoms with E-state index in [2.05, 4.69) is 61.1 Å². The van der Waals surface area contributed by atoms with Crippen molar-refractivity contribution in [2.75, 3.05) is 13.1 Å². The van der Waals surface area contributed by atoms with Crippen LogP contribution in [0.4, 0.5) is 0 Å². The summed E-state index contributed by atoms with van der Waals surface area (Å²) >= 11 is 0. The molecule has 3 heteroatoms. The molecule has 3 nitrogen and oxygen atoms in total. The minimum atomic E-state index is 0.574. The normalized spacial score (nSPS) is 25.6. The molecule has 18 heavy (non-hydrogen) atoms. The fraction of sp³-hybridized carbons (Fsp3) is 0.667. The summed E-state index contributed by atoms with van der Waals surface area (Å²) in [5, 5.41) is 3.58. The quantitative estimate of drug-likeness (QED) is 0.887. The molecular weight excluding hydrogens is 222 g/mol. The number of pyridine rings is 1. The molecule has 2 rings (SSSR count). The maximum Gasteiger partial charge on any atom is 0.0547 e. The van der Waals surface area contributed by atoms with Crippen molar-refractivity contribution in [3.8, 4) is 0 Å². The Hall–Kier alpha value is -0.930. The van der Waals surface area contributed by atoms with Crippen LogP contribution in [0.15, 0.2) is 18.2 Å². The second-order valence-corrected chi connectivity index (χ2v) is 5.82. The monoisotopic (exact) mass is 247 g/mol. The van der Waals surface area contributed by atoms with Crippen LogP contribution < -0.4 is 5.32 Å². The van der Waals surface area contributed by atoms with Crippen LogP contribution >= 0.6 is 0 Å². The van der Waals surface area contributed by atoms with Gasteiger partial charge in [-0.1, -0.05) is 19.9 Å². The molecule has 100 valence electrons. The maximum atomic E-state index is 4.62. The Morgan fingerprint density at radius 2 is 2.22 bits per heavy atom. The van der Waals surface area contributed by atoms with Crippen molar-refractivity contribution in [2.45, 2.75) is 46.3 Å². The van der Waals surface area contributed by atoms with Crippen molar-refractivity contribution < 1.29 is 0 Å². The van der Waals surface area contributed by atoms with Gasteiger partial charge >= 0.3 is 0 Å². The van der Waals surface area contributed by atoms with Gasteiger partial charge in [0.2, 0.25) is 0 Å². The van der Waals surface area contributed by atoms with Crippen molar-refractivity contribution in [1.82, 2.24) is 15.2 Å². The summed E-state index contributed by atoms with van der Waals surface area (Å²) in [5.41, 5.74) is 2.30. The summed E-state index contributed by atoms with van der Waals surface area (Å²) in [5.74, 6) is 0.676. The van der Waals surface area contributed by atoms with E-state index in [9.17, 15) is 0 Å². The molecule has 1 N–H and O–H groups in total. The van der Waals surface area contributed by atoms with Crippen LogP contribution in [0.2, 0.25) is 0 Å². The summed E-state index contributed by atoms with van der Waals surface area (Å²) in [6.07, 6.45) is 0. The number of hydrogen-bond donors (Lipinski definition) is 1. The van der Waals surface area contributed by atoms with Crippen LogP contribution in [0.3, 0.4) is 0 Å². The highest BCUT2D eigenvalue weighted by molar-refractivity contribution is 5.10. The van der Waals surface area contributed by atoms with Gasteiger partial charge in [0.15, 0.2) is 0 Å². The van der Waals surface area contributed by atoms with E-state index in [1.807, 2.05) is 0 Å². The van der Waals surface area contributed by atoms with Gasteiger partial charge in [-0.25, -0.2) is 0 Å². The Balaban J connectivity index is 2.08. The molecule has 1 aliphatic heterocycles. The van der Waals surface area contributed by atoms with Crippen LogP contribution in [-0.4, -0.2) is 35.1 Å². The lowest BCUT2D eigenvalue weighted by Gasteiger charge is -2.41. The van der Waals surface area contributed by atoms with Crippen LogP contribution in [0.1, 0.15) is 32.2 Å². The van der Waals surface area contributed by atoms with E-state index < -0.39 is 0 Å². The number of nitrogens with one attached hydrogen (secondary N) is 1. The van der Waals surface area contributed by atoms with Gasteiger partial charge in [0.25, 0.3) is 0 Å². The Kier molecular flexibility index (Phi) is 4.36. The zero-order valence-electron chi connectivity index (χ0n) is 12.0. The van der Waals surface area contributed by atoms with E-state index >= 15 is 0 Å². The topological polar surface area (TPSA) is 28.2 Å². The molecule has 2 heterocycles. The fourth-order valence-electron chi connectivity index (χ4n) is 2.74. The second-order valence-electron chi connectivity index (χ2n) is 5.82. The van der Waals surface area contributed by atoms with Crippen molar-refractivity contribution in [3.05, 3.63) is 29.6 Å². The number of hydrogen-bond acceptors (Lipinski definition) is 3. The second kappa shape index (κ2) is 5.81. The van der Waals surface area contributed by atoms with Gasteiger partial charge in [0.05, 0.1) is 5.69 Å². The third-order valence-corrected chi connectivity index (χ3v) is 3.73. The summed E-state index contributed by atoms with van der Waals surface area (Å²) < 4.78 is 0.